The lowest BCUT2D eigenvalue weighted by atomic mass is 9.87. The van der Waals surface area contributed by atoms with E-state index >= 15 is 0 Å². The number of alkyl halides is 3. The number of carbonyl (C=O) groups is 2. The van der Waals surface area contributed by atoms with E-state index in [0.29, 0.717) is 23.9 Å². The third kappa shape index (κ3) is 6.62. The Morgan fingerprint density at radius 1 is 1.02 bits per heavy atom. The number of nitrogens with two attached hydrogens (primary N) is 1. The Morgan fingerprint density at radius 2 is 1.70 bits per heavy atom. The monoisotopic (exact) mass is 557 g/mol. The Hall–Kier alpha value is -4.33. The first-order valence-corrected chi connectivity index (χ1v) is 12.2. The van der Waals surface area contributed by atoms with Gasteiger partial charge < -0.3 is 15.1 Å². The Labute approximate surface area is 226 Å². The Kier molecular flexibility index (Phi) is 8.47. The van der Waals surface area contributed by atoms with Crippen LogP contribution >= 0.6 is 0 Å². The Morgan fingerprint density at radius 3 is 2.27 bits per heavy atom. The fourth-order valence-corrected chi connectivity index (χ4v) is 4.39. The number of hydrogen-bond donors (Lipinski definition) is 3. The van der Waals surface area contributed by atoms with E-state index in [-0.39, 0.29) is 0 Å². The van der Waals surface area contributed by atoms with Crippen molar-refractivity contribution in [3.05, 3.63) is 89.9 Å². The van der Waals surface area contributed by atoms with Gasteiger partial charge in [-0.15, -0.1) is 0 Å². The summed E-state index contributed by atoms with van der Waals surface area (Å²) in [7, 11) is 0. The number of aliphatic carboxylic acids is 1. The smallest absolute Gasteiger partial charge is 0.475 e. The lowest BCUT2D eigenvalue weighted by molar-refractivity contribution is -0.192. The van der Waals surface area contributed by atoms with Crippen molar-refractivity contribution in [1.29, 1.82) is 0 Å². The van der Waals surface area contributed by atoms with Crippen LogP contribution in [0.1, 0.15) is 34.5 Å². The van der Waals surface area contributed by atoms with Gasteiger partial charge in [0.15, 0.2) is 0 Å². The summed E-state index contributed by atoms with van der Waals surface area (Å²) in [5.41, 5.74) is 2.87. The fourth-order valence-electron chi connectivity index (χ4n) is 4.39. The van der Waals surface area contributed by atoms with Crippen molar-refractivity contribution in [2.75, 3.05) is 13.1 Å². The minimum atomic E-state index is -5.08. The van der Waals surface area contributed by atoms with Gasteiger partial charge in [-0.3, -0.25) is 9.88 Å². The van der Waals surface area contributed by atoms with Crippen LogP contribution < -0.4 is 5.90 Å². The van der Waals surface area contributed by atoms with Crippen molar-refractivity contribution in [1.82, 2.24) is 19.7 Å². The molecule has 1 fully saturated rings. The number of piperidine rings is 1. The average molecular weight is 558 g/mol. The maximum absolute atomic E-state index is 11.9. The summed E-state index contributed by atoms with van der Waals surface area (Å²) in [6.07, 6.45) is -0.152. The van der Waals surface area contributed by atoms with Gasteiger partial charge >= 0.3 is 18.1 Å². The third-order valence-electron chi connectivity index (χ3n) is 6.54. The number of nitrogens with zero attached hydrogens (tertiary/aromatic N) is 4. The molecule has 2 aromatic heterocycles. The molecule has 0 unspecified atom stereocenters. The SMILES string of the molecule is NOC(=O)c1cccc2cn(-c3ccc(CN4CCC(O)(c5ccccn5)CC4)cc3)nc12.O=C(O)C(F)(F)F. The summed E-state index contributed by atoms with van der Waals surface area (Å²) < 4.78 is 33.5. The van der Waals surface area contributed by atoms with E-state index in [1.807, 2.05) is 42.6 Å². The number of aliphatic hydroxyl groups is 1. The van der Waals surface area contributed by atoms with Gasteiger partial charge in [0, 0.05) is 37.4 Å². The van der Waals surface area contributed by atoms with Crippen LogP contribution in [0.15, 0.2) is 73.1 Å². The number of likely N-dealkylation sites (tertiary alicyclic amines) is 1. The van der Waals surface area contributed by atoms with Crippen LogP contribution in [0.25, 0.3) is 16.6 Å². The van der Waals surface area contributed by atoms with E-state index in [4.69, 9.17) is 15.8 Å². The molecule has 0 aliphatic carbocycles. The predicted octanol–water partition coefficient (Wildman–Crippen LogP) is 3.57. The molecule has 0 saturated carbocycles. The molecule has 0 radical (unpaired) electrons. The highest BCUT2D eigenvalue weighted by Crippen LogP contribution is 2.32. The number of fused-ring (bicyclic) bond motifs is 1. The fraction of sp³-hybridized carbons (Fsp3) is 0.259. The number of rotatable bonds is 5. The maximum atomic E-state index is 11.9. The number of hydrogen-bond acceptors (Lipinski definition) is 8. The van der Waals surface area contributed by atoms with Crippen molar-refractivity contribution < 1.29 is 37.8 Å². The standard InChI is InChI=1S/C25H25N5O3.C2HF3O2/c26-33-24(31)21-5-3-4-19-17-30(28-23(19)21)20-9-7-18(8-10-20)16-29-14-11-25(32,12-15-29)22-6-1-2-13-27-22;3-2(4,5)1(6)7/h1-10,13,17,32H,11-12,14-16,26H2;(H,6,7). The molecule has 3 heterocycles. The molecule has 2 aromatic carbocycles. The number of carbonyl (C=O) groups excluding carboxylic acids is 1. The molecule has 0 spiro atoms. The van der Waals surface area contributed by atoms with Crippen LogP contribution in [0.5, 0.6) is 0 Å². The Bertz CT molecular complexity index is 1470. The lowest BCUT2D eigenvalue weighted by Crippen LogP contribution is -2.42. The van der Waals surface area contributed by atoms with Crippen molar-refractivity contribution in [2.45, 2.75) is 31.2 Å². The van der Waals surface area contributed by atoms with Crippen LogP contribution in [-0.4, -0.2) is 61.1 Å². The largest absolute Gasteiger partial charge is 0.490 e. The van der Waals surface area contributed by atoms with E-state index in [0.717, 1.165) is 36.4 Å². The molecular formula is C27H26F3N5O5. The minimum Gasteiger partial charge on any atom is -0.475 e. The first-order chi connectivity index (χ1) is 19.0. The third-order valence-corrected chi connectivity index (χ3v) is 6.54. The number of halogens is 3. The van der Waals surface area contributed by atoms with Crippen LogP contribution in [0, 0.1) is 0 Å². The van der Waals surface area contributed by atoms with Gasteiger partial charge in [0.2, 0.25) is 0 Å². The van der Waals surface area contributed by atoms with Gasteiger partial charge in [0.25, 0.3) is 0 Å². The Balaban J connectivity index is 0.000000470. The summed E-state index contributed by atoms with van der Waals surface area (Å²) >= 11 is 0. The second kappa shape index (κ2) is 11.8. The quantitative estimate of drug-likeness (QED) is 0.314. The molecule has 4 aromatic rings. The van der Waals surface area contributed by atoms with Gasteiger partial charge in [-0.2, -0.15) is 24.2 Å². The molecule has 10 nitrogen and oxygen atoms in total. The van der Waals surface area contributed by atoms with E-state index in [2.05, 4.69) is 32.0 Å². The number of carboxylic acid groups (broad SMARTS) is 1. The highest BCUT2D eigenvalue weighted by Gasteiger charge is 2.38. The molecule has 5 rings (SSSR count). The van der Waals surface area contributed by atoms with E-state index in [9.17, 15) is 23.1 Å². The summed E-state index contributed by atoms with van der Waals surface area (Å²) in [6, 6.07) is 19.2. The summed E-state index contributed by atoms with van der Waals surface area (Å²) in [5, 5.41) is 23.5. The van der Waals surface area contributed by atoms with Crippen molar-refractivity contribution >= 4 is 22.8 Å². The maximum Gasteiger partial charge on any atom is 0.490 e. The first-order valence-electron chi connectivity index (χ1n) is 12.2. The molecule has 4 N–H and O–H groups in total. The molecule has 1 aliphatic rings. The first kappa shape index (κ1) is 28.7. The van der Waals surface area contributed by atoms with Gasteiger partial charge in [-0.25, -0.2) is 14.3 Å². The second-order valence-electron chi connectivity index (χ2n) is 9.21. The zero-order chi connectivity index (χ0) is 28.9. The number of aromatic nitrogens is 3. The van der Waals surface area contributed by atoms with Gasteiger partial charge in [-0.05, 0) is 48.7 Å². The average Bonchev–Trinajstić information content (AvgIpc) is 3.39. The van der Waals surface area contributed by atoms with Crippen LogP contribution in [0.2, 0.25) is 0 Å². The summed E-state index contributed by atoms with van der Waals surface area (Å²) in [5.74, 6) is 1.68. The van der Waals surface area contributed by atoms with Crippen LogP contribution in [0.4, 0.5) is 13.2 Å². The number of benzene rings is 2. The predicted molar refractivity (Wildman–Crippen MR) is 137 cm³/mol. The van der Waals surface area contributed by atoms with Crippen molar-refractivity contribution in [2.24, 2.45) is 5.90 Å². The summed E-state index contributed by atoms with van der Waals surface area (Å²) in [4.78, 5) is 31.9. The highest BCUT2D eigenvalue weighted by atomic mass is 19.4. The molecule has 1 aliphatic heterocycles. The van der Waals surface area contributed by atoms with Gasteiger partial charge in [0.1, 0.15) is 11.1 Å². The van der Waals surface area contributed by atoms with Crippen molar-refractivity contribution in [3.8, 4) is 5.69 Å². The molecular weight excluding hydrogens is 531 g/mol. The number of pyridine rings is 1. The summed E-state index contributed by atoms with van der Waals surface area (Å²) in [6.45, 7) is 2.42. The number of carboxylic acids is 1. The molecule has 0 bridgehead atoms. The van der Waals surface area contributed by atoms with E-state index < -0.39 is 23.7 Å². The molecule has 1 saturated heterocycles. The zero-order valence-electron chi connectivity index (χ0n) is 21.1. The molecule has 40 heavy (non-hydrogen) atoms. The topological polar surface area (TPSA) is 144 Å². The van der Waals surface area contributed by atoms with Crippen molar-refractivity contribution in [3.63, 3.8) is 0 Å². The van der Waals surface area contributed by atoms with Gasteiger partial charge in [0.05, 0.1) is 16.9 Å². The molecule has 13 heteroatoms. The highest BCUT2D eigenvalue weighted by molar-refractivity contribution is 6.02. The van der Waals surface area contributed by atoms with Crippen LogP contribution in [-0.2, 0) is 21.8 Å². The van der Waals surface area contributed by atoms with E-state index in [1.165, 1.54) is 5.56 Å². The molecule has 0 atom stereocenters. The zero-order valence-corrected chi connectivity index (χ0v) is 21.1. The molecule has 210 valence electrons. The lowest BCUT2D eigenvalue weighted by Gasteiger charge is -2.37. The van der Waals surface area contributed by atoms with E-state index in [1.54, 1.807) is 23.0 Å². The normalized spacial score (nSPS) is 15.2. The second-order valence-corrected chi connectivity index (χ2v) is 9.21. The minimum absolute atomic E-state index is 0.334. The van der Waals surface area contributed by atoms with Gasteiger partial charge in [-0.1, -0.05) is 30.3 Å². The van der Waals surface area contributed by atoms with Crippen LogP contribution in [0.3, 0.4) is 0 Å². The molecule has 0 amide bonds.